The van der Waals surface area contributed by atoms with E-state index in [-0.39, 0.29) is 17.9 Å². The summed E-state index contributed by atoms with van der Waals surface area (Å²) in [4.78, 5) is 18.3. The molecule has 3 rings (SSSR count). The Kier molecular flexibility index (Phi) is 4.11. The van der Waals surface area contributed by atoms with Crippen molar-refractivity contribution in [3.63, 3.8) is 0 Å². The summed E-state index contributed by atoms with van der Waals surface area (Å²) in [6.45, 7) is 2.41. The van der Waals surface area contributed by atoms with E-state index in [1.54, 1.807) is 29.4 Å². The largest absolute Gasteiger partial charge is 0.331 e. The highest BCUT2D eigenvalue weighted by Gasteiger charge is 2.27. The second kappa shape index (κ2) is 6.04. The van der Waals surface area contributed by atoms with Gasteiger partial charge in [0.2, 0.25) is 0 Å². The predicted octanol–water partition coefficient (Wildman–Crippen LogP) is 3.42. The molecule has 1 aromatic carbocycles. The van der Waals surface area contributed by atoms with Crippen LogP contribution in [0.2, 0.25) is 0 Å². The molecule has 0 fully saturated rings. The van der Waals surface area contributed by atoms with Crippen LogP contribution < -0.4 is 5.32 Å². The van der Waals surface area contributed by atoms with E-state index in [4.69, 9.17) is 0 Å². The van der Waals surface area contributed by atoms with E-state index >= 15 is 0 Å². The molecule has 6 heteroatoms. The van der Waals surface area contributed by atoms with Gasteiger partial charge in [0.1, 0.15) is 5.82 Å². The monoisotopic (exact) mass is 319 g/mol. The molecule has 116 valence electrons. The number of hydrogen-bond donors (Lipinski definition) is 1. The number of urea groups is 1. The third-order valence-electron chi connectivity index (χ3n) is 3.92. The molecule has 2 amide bonds. The van der Waals surface area contributed by atoms with Crippen LogP contribution in [-0.4, -0.2) is 23.0 Å². The molecule has 1 unspecified atom stereocenters. The van der Waals surface area contributed by atoms with Crippen LogP contribution in [0.3, 0.4) is 0 Å². The van der Waals surface area contributed by atoms with E-state index in [0.717, 1.165) is 28.2 Å². The molecule has 1 aromatic heterocycles. The number of thiazole rings is 1. The number of benzene rings is 1. The maximum Gasteiger partial charge on any atom is 0.317 e. The van der Waals surface area contributed by atoms with Gasteiger partial charge in [0, 0.05) is 12.4 Å². The smallest absolute Gasteiger partial charge is 0.317 e. The van der Waals surface area contributed by atoms with E-state index in [1.165, 1.54) is 6.07 Å². The van der Waals surface area contributed by atoms with Gasteiger partial charge in [-0.15, -0.1) is 11.3 Å². The van der Waals surface area contributed by atoms with Crippen molar-refractivity contribution >= 4 is 17.4 Å². The molecule has 0 saturated carbocycles. The number of nitrogens with one attached hydrogen (secondary N) is 1. The van der Waals surface area contributed by atoms with Gasteiger partial charge in [-0.05, 0) is 37.0 Å². The summed E-state index contributed by atoms with van der Waals surface area (Å²) < 4.78 is 13.7. The van der Waals surface area contributed by atoms with Crippen molar-refractivity contribution in [3.8, 4) is 0 Å². The number of halogens is 1. The number of hydrogen-bond acceptors (Lipinski definition) is 3. The maximum absolute atomic E-state index is 13.7. The van der Waals surface area contributed by atoms with Gasteiger partial charge in [0.25, 0.3) is 0 Å². The lowest BCUT2D eigenvalue weighted by Crippen LogP contribution is -2.38. The van der Waals surface area contributed by atoms with Crippen molar-refractivity contribution in [3.05, 3.63) is 51.2 Å². The van der Waals surface area contributed by atoms with Gasteiger partial charge in [0.15, 0.2) is 0 Å². The van der Waals surface area contributed by atoms with Gasteiger partial charge >= 0.3 is 6.03 Å². The first-order chi connectivity index (χ1) is 10.5. The minimum absolute atomic E-state index is 0.113. The molecular weight excluding hydrogens is 301 g/mol. The minimum Gasteiger partial charge on any atom is -0.331 e. The molecule has 1 aliphatic rings. The summed E-state index contributed by atoms with van der Waals surface area (Å²) in [7, 11) is 1.74. The standard InChI is InChI=1S/C16H18FN3OS/c1-10-18-11(9-22-10)8-20(2)16(21)19-15-7-6-12-13(15)4-3-5-14(12)17/h3-5,9,15H,6-8H2,1-2H3,(H,19,21). The highest BCUT2D eigenvalue weighted by molar-refractivity contribution is 7.09. The van der Waals surface area contributed by atoms with Gasteiger partial charge < -0.3 is 10.2 Å². The average Bonchev–Trinajstić information content (AvgIpc) is 3.07. The number of rotatable bonds is 3. The van der Waals surface area contributed by atoms with E-state index in [9.17, 15) is 9.18 Å². The van der Waals surface area contributed by atoms with Gasteiger partial charge in [0.05, 0.1) is 23.3 Å². The molecule has 22 heavy (non-hydrogen) atoms. The van der Waals surface area contributed by atoms with Crippen LogP contribution in [0.5, 0.6) is 0 Å². The molecule has 1 aliphatic carbocycles. The first-order valence-corrected chi connectivity index (χ1v) is 8.12. The minimum atomic E-state index is -0.180. The summed E-state index contributed by atoms with van der Waals surface area (Å²) in [5.74, 6) is -0.180. The van der Waals surface area contributed by atoms with E-state index in [1.807, 2.05) is 18.4 Å². The zero-order valence-electron chi connectivity index (χ0n) is 12.6. The quantitative estimate of drug-likeness (QED) is 0.942. The zero-order chi connectivity index (χ0) is 15.7. The maximum atomic E-state index is 13.7. The van der Waals surface area contributed by atoms with Crippen LogP contribution in [0.25, 0.3) is 0 Å². The van der Waals surface area contributed by atoms with Crippen molar-refractivity contribution in [1.29, 1.82) is 0 Å². The van der Waals surface area contributed by atoms with Crippen LogP contribution in [0.15, 0.2) is 23.6 Å². The number of fused-ring (bicyclic) bond motifs is 1. The topological polar surface area (TPSA) is 45.2 Å². The fourth-order valence-electron chi connectivity index (χ4n) is 2.81. The fourth-order valence-corrected chi connectivity index (χ4v) is 3.42. The molecule has 0 radical (unpaired) electrons. The van der Waals surface area contributed by atoms with Crippen LogP contribution in [0.4, 0.5) is 9.18 Å². The van der Waals surface area contributed by atoms with E-state index < -0.39 is 0 Å². The lowest BCUT2D eigenvalue weighted by molar-refractivity contribution is 0.202. The van der Waals surface area contributed by atoms with Crippen molar-refractivity contribution in [1.82, 2.24) is 15.2 Å². The molecule has 2 aromatic rings. The summed E-state index contributed by atoms with van der Waals surface area (Å²) in [5.41, 5.74) is 2.51. The molecule has 0 spiro atoms. The highest BCUT2D eigenvalue weighted by Crippen LogP contribution is 2.32. The Hall–Kier alpha value is -1.95. The van der Waals surface area contributed by atoms with Crippen LogP contribution in [0, 0.1) is 12.7 Å². The third-order valence-corrected chi connectivity index (χ3v) is 4.75. The lowest BCUT2D eigenvalue weighted by atomic mass is 10.1. The Morgan fingerprint density at radius 3 is 3.09 bits per heavy atom. The van der Waals surface area contributed by atoms with Crippen molar-refractivity contribution in [2.45, 2.75) is 32.4 Å². The molecule has 1 N–H and O–H groups in total. The number of carbonyl (C=O) groups excluding carboxylic acids is 1. The Morgan fingerprint density at radius 2 is 2.36 bits per heavy atom. The Balaban J connectivity index is 1.64. The number of carbonyl (C=O) groups is 1. The number of aryl methyl sites for hydroxylation is 1. The van der Waals surface area contributed by atoms with Gasteiger partial charge in [-0.3, -0.25) is 0 Å². The molecule has 0 saturated heterocycles. The Morgan fingerprint density at radius 1 is 1.55 bits per heavy atom. The first-order valence-electron chi connectivity index (χ1n) is 7.24. The van der Waals surface area contributed by atoms with E-state index in [0.29, 0.717) is 13.0 Å². The normalized spacial score (nSPS) is 16.4. The second-order valence-electron chi connectivity index (χ2n) is 5.56. The van der Waals surface area contributed by atoms with Crippen LogP contribution in [0.1, 0.15) is 34.3 Å². The molecular formula is C16H18FN3OS. The van der Waals surface area contributed by atoms with Gasteiger partial charge in [-0.25, -0.2) is 14.2 Å². The number of nitrogens with zero attached hydrogens (tertiary/aromatic N) is 2. The van der Waals surface area contributed by atoms with Crippen LogP contribution >= 0.6 is 11.3 Å². The summed E-state index contributed by atoms with van der Waals surface area (Å²) in [5, 5.41) is 5.93. The van der Waals surface area contributed by atoms with Gasteiger partial charge in [-0.2, -0.15) is 0 Å². The third kappa shape index (κ3) is 2.97. The summed E-state index contributed by atoms with van der Waals surface area (Å²) in [6, 6.07) is 4.78. The van der Waals surface area contributed by atoms with Crippen molar-refractivity contribution < 1.29 is 9.18 Å². The second-order valence-corrected chi connectivity index (χ2v) is 6.62. The molecule has 0 bridgehead atoms. The van der Waals surface area contributed by atoms with Crippen LogP contribution in [-0.2, 0) is 13.0 Å². The molecule has 1 atom stereocenters. The Labute approximate surface area is 133 Å². The SMILES string of the molecule is Cc1nc(CN(C)C(=O)NC2CCc3c(F)cccc32)cs1. The fraction of sp³-hybridized carbons (Fsp3) is 0.375. The van der Waals surface area contributed by atoms with Crippen molar-refractivity contribution in [2.24, 2.45) is 0 Å². The Bertz CT molecular complexity index is 700. The van der Waals surface area contributed by atoms with Crippen molar-refractivity contribution in [2.75, 3.05) is 7.05 Å². The summed E-state index contributed by atoms with van der Waals surface area (Å²) >= 11 is 1.57. The average molecular weight is 319 g/mol. The zero-order valence-corrected chi connectivity index (χ0v) is 13.4. The summed E-state index contributed by atoms with van der Waals surface area (Å²) in [6.07, 6.45) is 1.41. The number of amides is 2. The molecule has 4 nitrogen and oxygen atoms in total. The molecule has 1 heterocycles. The predicted molar refractivity (Wildman–Crippen MR) is 84.3 cm³/mol. The highest BCUT2D eigenvalue weighted by atomic mass is 32.1. The molecule has 0 aliphatic heterocycles. The van der Waals surface area contributed by atoms with E-state index in [2.05, 4.69) is 10.3 Å². The lowest BCUT2D eigenvalue weighted by Gasteiger charge is -2.21. The number of aromatic nitrogens is 1. The first kappa shape index (κ1) is 15.0. The van der Waals surface area contributed by atoms with Gasteiger partial charge in [-0.1, -0.05) is 12.1 Å².